The summed E-state index contributed by atoms with van der Waals surface area (Å²) in [6.45, 7) is 10.9. The van der Waals surface area contributed by atoms with Crippen LogP contribution in [0.1, 0.15) is 47.2 Å². The first-order valence-corrected chi connectivity index (χ1v) is 15.7. The number of aromatic nitrogens is 2. The molecular weight excluding hydrogens is 562 g/mol. The normalized spacial score (nSPS) is 11.8. The molecule has 1 radical (unpaired) electrons. The quantitative estimate of drug-likeness (QED) is 0.161. The highest BCUT2D eigenvalue weighted by molar-refractivity contribution is 8.00. The first-order valence-electron chi connectivity index (χ1n) is 13.7. The van der Waals surface area contributed by atoms with Crippen molar-refractivity contribution in [3.63, 3.8) is 0 Å². The number of nitrogens with one attached hydrogen (secondary N) is 2. The van der Waals surface area contributed by atoms with Gasteiger partial charge in [0, 0.05) is 70.4 Å². The van der Waals surface area contributed by atoms with Crippen LogP contribution in [0.4, 0.5) is 5.69 Å². The SMILES string of the molecule is C[C](C)c1c(Cc2ccccc2Sc2c[nH]c3cc(Cl)ccc23)c(C)c(C)c(N)c1Sc1c[nH]c2cc(C)ccc12. The number of rotatable bonds is 7. The third kappa shape index (κ3) is 5.27. The minimum absolute atomic E-state index is 0.737. The standard InChI is InChI=1S/C35H33ClN3S2/c1-19(2)33-27(15-23-8-6-7-9-30(23)40-31-17-39-29-16-24(36)11-13-26(29)31)21(4)22(5)34(37)35(33)41-32-18-38-28-14-20(3)10-12-25(28)32/h6-14,16-18,38-39H,15,37H2,1-5H3. The largest absolute Gasteiger partial charge is 0.398 e. The van der Waals surface area contributed by atoms with E-state index < -0.39 is 0 Å². The van der Waals surface area contributed by atoms with Crippen molar-refractivity contribution in [1.29, 1.82) is 0 Å². The van der Waals surface area contributed by atoms with Crippen LogP contribution in [0.3, 0.4) is 0 Å². The first kappa shape index (κ1) is 27.9. The van der Waals surface area contributed by atoms with Crippen molar-refractivity contribution in [1.82, 2.24) is 9.97 Å². The first-order chi connectivity index (χ1) is 19.7. The smallest absolute Gasteiger partial charge is 0.0491 e. The van der Waals surface area contributed by atoms with Gasteiger partial charge in [-0.2, -0.15) is 0 Å². The number of benzene rings is 4. The third-order valence-corrected chi connectivity index (χ3v) is 10.5. The van der Waals surface area contributed by atoms with Crippen molar-refractivity contribution >= 4 is 62.6 Å². The molecule has 4 aromatic carbocycles. The summed E-state index contributed by atoms with van der Waals surface area (Å²) in [6, 6.07) is 21.3. The Morgan fingerprint density at radius 2 is 1.44 bits per heavy atom. The lowest BCUT2D eigenvalue weighted by Crippen LogP contribution is -2.09. The van der Waals surface area contributed by atoms with Crippen molar-refractivity contribution in [2.24, 2.45) is 0 Å². The summed E-state index contributed by atoms with van der Waals surface area (Å²) in [5.74, 6) is 1.27. The molecule has 0 saturated heterocycles. The number of nitrogen functional groups attached to an aromatic ring is 1. The molecule has 207 valence electrons. The maximum absolute atomic E-state index is 6.89. The van der Waals surface area contributed by atoms with Gasteiger partial charge >= 0.3 is 0 Å². The van der Waals surface area contributed by atoms with Crippen molar-refractivity contribution in [2.45, 2.75) is 60.6 Å². The number of fused-ring (bicyclic) bond motifs is 2. The Morgan fingerprint density at radius 3 is 2.17 bits per heavy atom. The van der Waals surface area contributed by atoms with Crippen LogP contribution in [-0.2, 0) is 6.42 Å². The van der Waals surface area contributed by atoms with Crippen molar-refractivity contribution in [2.75, 3.05) is 5.73 Å². The van der Waals surface area contributed by atoms with Crippen molar-refractivity contribution in [3.8, 4) is 0 Å². The van der Waals surface area contributed by atoms with Gasteiger partial charge in [0.05, 0.1) is 0 Å². The lowest BCUT2D eigenvalue weighted by Gasteiger charge is -2.24. The average Bonchev–Trinajstić information content (AvgIpc) is 3.53. The van der Waals surface area contributed by atoms with E-state index in [1.807, 2.05) is 12.1 Å². The van der Waals surface area contributed by atoms with E-state index in [9.17, 15) is 0 Å². The molecule has 3 nitrogen and oxygen atoms in total. The Morgan fingerprint density at radius 1 is 0.780 bits per heavy atom. The maximum Gasteiger partial charge on any atom is 0.0491 e. The fraction of sp³-hybridized carbons (Fsp3) is 0.171. The number of hydrogen-bond acceptors (Lipinski definition) is 3. The van der Waals surface area contributed by atoms with E-state index in [4.69, 9.17) is 17.3 Å². The lowest BCUT2D eigenvalue weighted by atomic mass is 9.86. The van der Waals surface area contributed by atoms with Crippen LogP contribution < -0.4 is 5.73 Å². The van der Waals surface area contributed by atoms with Crippen LogP contribution >= 0.6 is 35.1 Å². The molecule has 2 aromatic heterocycles. The van der Waals surface area contributed by atoms with Gasteiger partial charge in [-0.05, 0) is 84.8 Å². The number of aromatic amines is 2. The molecule has 0 aliphatic rings. The third-order valence-electron chi connectivity index (χ3n) is 7.87. The van der Waals surface area contributed by atoms with Crippen LogP contribution in [0.5, 0.6) is 0 Å². The number of halogens is 1. The fourth-order valence-corrected chi connectivity index (χ4v) is 8.09. The minimum atomic E-state index is 0.737. The molecule has 6 aromatic rings. The maximum atomic E-state index is 6.89. The van der Waals surface area contributed by atoms with Gasteiger partial charge in [0.25, 0.3) is 0 Å². The molecule has 0 bridgehead atoms. The molecule has 0 unspecified atom stereocenters. The Labute approximate surface area is 255 Å². The van der Waals surface area contributed by atoms with E-state index in [0.717, 1.165) is 38.6 Å². The molecule has 0 atom stereocenters. The highest BCUT2D eigenvalue weighted by Crippen LogP contribution is 2.46. The molecule has 41 heavy (non-hydrogen) atoms. The molecule has 0 aliphatic heterocycles. The van der Waals surface area contributed by atoms with E-state index in [2.05, 4.69) is 106 Å². The Balaban J connectivity index is 1.42. The monoisotopic (exact) mass is 594 g/mol. The second kappa shape index (κ2) is 11.2. The van der Waals surface area contributed by atoms with Crippen LogP contribution in [0, 0.1) is 26.7 Å². The summed E-state index contributed by atoms with van der Waals surface area (Å²) in [5.41, 5.74) is 17.5. The van der Waals surface area contributed by atoms with Gasteiger partial charge in [0.15, 0.2) is 0 Å². The van der Waals surface area contributed by atoms with Gasteiger partial charge in [-0.1, -0.05) is 85.4 Å². The van der Waals surface area contributed by atoms with Crippen LogP contribution in [0.15, 0.2) is 92.6 Å². The molecule has 2 heterocycles. The Hall–Kier alpha value is -3.25. The summed E-state index contributed by atoms with van der Waals surface area (Å²) in [5, 5.41) is 3.14. The van der Waals surface area contributed by atoms with Crippen LogP contribution in [0.2, 0.25) is 5.02 Å². The molecule has 4 N–H and O–H groups in total. The topological polar surface area (TPSA) is 57.6 Å². The Kier molecular flexibility index (Phi) is 7.62. The van der Waals surface area contributed by atoms with Gasteiger partial charge in [-0.25, -0.2) is 0 Å². The number of H-pyrrole nitrogens is 2. The fourth-order valence-electron chi connectivity index (χ4n) is 5.54. The van der Waals surface area contributed by atoms with E-state index in [1.165, 1.54) is 59.2 Å². The number of anilines is 1. The van der Waals surface area contributed by atoms with Gasteiger partial charge < -0.3 is 15.7 Å². The molecular formula is C35H33ClN3S2. The van der Waals surface area contributed by atoms with Gasteiger partial charge in [-0.3, -0.25) is 0 Å². The summed E-state index contributed by atoms with van der Waals surface area (Å²) in [6.07, 6.45) is 5.01. The zero-order chi connectivity index (χ0) is 28.8. The molecule has 0 spiro atoms. The molecule has 0 saturated carbocycles. The zero-order valence-electron chi connectivity index (χ0n) is 23.9. The minimum Gasteiger partial charge on any atom is -0.398 e. The molecule has 6 heteroatoms. The van der Waals surface area contributed by atoms with Gasteiger partial charge in [0.2, 0.25) is 0 Å². The average molecular weight is 595 g/mol. The molecule has 0 amide bonds. The predicted molar refractivity (Wildman–Crippen MR) is 178 cm³/mol. The summed E-state index contributed by atoms with van der Waals surface area (Å²) in [4.78, 5) is 11.6. The number of hydrogen-bond donors (Lipinski definition) is 3. The van der Waals surface area contributed by atoms with Crippen LogP contribution in [-0.4, -0.2) is 9.97 Å². The summed E-state index contributed by atoms with van der Waals surface area (Å²) < 4.78 is 0. The summed E-state index contributed by atoms with van der Waals surface area (Å²) in [7, 11) is 0. The molecule has 0 fully saturated rings. The van der Waals surface area contributed by atoms with E-state index in [-0.39, 0.29) is 0 Å². The van der Waals surface area contributed by atoms with Crippen molar-refractivity contribution < 1.29 is 0 Å². The zero-order valence-corrected chi connectivity index (χ0v) is 26.3. The van der Waals surface area contributed by atoms with Gasteiger partial charge in [-0.15, -0.1) is 0 Å². The van der Waals surface area contributed by atoms with Crippen molar-refractivity contribution in [3.05, 3.63) is 117 Å². The lowest BCUT2D eigenvalue weighted by molar-refractivity contribution is 0.996. The molecule has 6 rings (SSSR count). The van der Waals surface area contributed by atoms with E-state index >= 15 is 0 Å². The number of aryl methyl sites for hydroxylation is 1. The second-order valence-electron chi connectivity index (χ2n) is 10.9. The molecule has 0 aliphatic carbocycles. The van der Waals surface area contributed by atoms with Crippen LogP contribution in [0.25, 0.3) is 21.8 Å². The highest BCUT2D eigenvalue weighted by atomic mass is 35.5. The summed E-state index contributed by atoms with van der Waals surface area (Å²) >= 11 is 9.80. The highest BCUT2D eigenvalue weighted by Gasteiger charge is 2.23. The number of nitrogens with two attached hydrogens (primary N) is 1. The second-order valence-corrected chi connectivity index (χ2v) is 13.5. The van der Waals surface area contributed by atoms with Gasteiger partial charge in [0.1, 0.15) is 0 Å². The Bertz CT molecular complexity index is 1910. The predicted octanol–water partition coefficient (Wildman–Crippen LogP) is 10.7. The van der Waals surface area contributed by atoms with E-state index in [1.54, 1.807) is 23.5 Å². The van der Waals surface area contributed by atoms with E-state index in [0.29, 0.717) is 0 Å².